The molecule has 12 heavy (non-hydrogen) atoms. The molecule has 0 spiro atoms. The van der Waals surface area contributed by atoms with Crippen LogP contribution in [-0.2, 0) is 0 Å². The van der Waals surface area contributed by atoms with Crippen LogP contribution >= 0.6 is 11.6 Å². The largest absolute Gasteiger partial charge is 0.265 e. The van der Waals surface area contributed by atoms with E-state index in [-0.39, 0.29) is 0 Å². The topological polar surface area (TPSA) is 0 Å². The van der Waals surface area contributed by atoms with Crippen LogP contribution in [-0.4, -0.2) is 0 Å². The highest BCUT2D eigenvalue weighted by molar-refractivity contribution is 6.31. The van der Waals surface area contributed by atoms with Gasteiger partial charge in [0.2, 0.25) is 0 Å². The molecule has 0 saturated carbocycles. The Morgan fingerprint density at radius 2 is 1.75 bits per heavy atom. The van der Waals surface area contributed by atoms with Gasteiger partial charge in [0.1, 0.15) is 0 Å². The SMILES string of the molecule is Fc1ccc(C(F)F)c(Cl)c1F. The first-order valence-electron chi connectivity index (χ1n) is 2.95. The maximum Gasteiger partial charge on any atom is 0.265 e. The zero-order valence-corrected chi connectivity index (χ0v) is 6.38. The zero-order valence-electron chi connectivity index (χ0n) is 5.62. The van der Waals surface area contributed by atoms with E-state index in [1.54, 1.807) is 0 Å². The maximum atomic E-state index is 12.5. The van der Waals surface area contributed by atoms with E-state index in [0.29, 0.717) is 6.07 Å². The number of hydrogen-bond acceptors (Lipinski definition) is 0. The monoisotopic (exact) mass is 198 g/mol. The van der Waals surface area contributed by atoms with Crippen LogP contribution in [0, 0.1) is 11.6 Å². The van der Waals surface area contributed by atoms with Crippen LogP contribution in [0.25, 0.3) is 0 Å². The van der Waals surface area contributed by atoms with Crippen LogP contribution in [0.3, 0.4) is 0 Å². The number of rotatable bonds is 1. The van der Waals surface area contributed by atoms with Crippen molar-refractivity contribution < 1.29 is 17.6 Å². The quantitative estimate of drug-likeness (QED) is 0.478. The highest BCUT2D eigenvalue weighted by Gasteiger charge is 2.17. The standard InChI is InChI=1S/C7H3ClF4/c8-5-3(7(11)12)1-2-4(9)6(5)10/h1-2,7H. The average Bonchev–Trinajstić information content (AvgIpc) is 2.00. The van der Waals surface area contributed by atoms with Gasteiger partial charge in [-0.3, -0.25) is 0 Å². The van der Waals surface area contributed by atoms with Gasteiger partial charge in [-0.25, -0.2) is 17.6 Å². The third kappa shape index (κ3) is 1.53. The Labute approximate surface area is 70.8 Å². The summed E-state index contributed by atoms with van der Waals surface area (Å²) in [6.07, 6.45) is -2.90. The third-order valence-electron chi connectivity index (χ3n) is 1.30. The second-order valence-electron chi connectivity index (χ2n) is 2.07. The summed E-state index contributed by atoms with van der Waals surface area (Å²) >= 11 is 5.10. The summed E-state index contributed by atoms with van der Waals surface area (Å²) in [5.41, 5.74) is -0.699. The Morgan fingerprint density at radius 1 is 1.17 bits per heavy atom. The molecule has 0 unspecified atom stereocenters. The van der Waals surface area contributed by atoms with Crippen molar-refractivity contribution in [1.29, 1.82) is 0 Å². The maximum absolute atomic E-state index is 12.5. The molecule has 0 aliphatic rings. The minimum atomic E-state index is -2.90. The molecule has 5 heteroatoms. The van der Waals surface area contributed by atoms with Crippen molar-refractivity contribution in [3.05, 3.63) is 34.4 Å². The molecule has 0 bridgehead atoms. The Balaban J connectivity index is 3.27. The summed E-state index contributed by atoms with van der Waals surface area (Å²) in [5, 5.41) is -0.856. The molecule has 0 aromatic heterocycles. The van der Waals surface area contributed by atoms with E-state index in [4.69, 9.17) is 11.6 Å². The predicted molar refractivity (Wildman–Crippen MR) is 36.3 cm³/mol. The highest BCUT2D eigenvalue weighted by atomic mass is 35.5. The lowest BCUT2D eigenvalue weighted by Gasteiger charge is -2.03. The average molecular weight is 199 g/mol. The summed E-state index contributed by atoms with van der Waals surface area (Å²) in [7, 11) is 0. The lowest BCUT2D eigenvalue weighted by molar-refractivity contribution is 0.151. The first kappa shape index (κ1) is 9.32. The first-order chi connectivity index (χ1) is 5.54. The molecule has 0 nitrogen and oxygen atoms in total. The van der Waals surface area contributed by atoms with E-state index >= 15 is 0 Å². The Morgan fingerprint density at radius 3 is 2.25 bits per heavy atom. The molecule has 0 N–H and O–H groups in total. The van der Waals surface area contributed by atoms with E-state index < -0.39 is 28.6 Å². The van der Waals surface area contributed by atoms with Gasteiger partial charge in [0.05, 0.1) is 5.02 Å². The molecule has 1 aromatic rings. The van der Waals surface area contributed by atoms with Crippen LogP contribution < -0.4 is 0 Å². The predicted octanol–water partition coefficient (Wildman–Crippen LogP) is 3.56. The Bertz CT molecular complexity index is 298. The third-order valence-corrected chi connectivity index (χ3v) is 1.68. The number of hydrogen-bond donors (Lipinski definition) is 0. The van der Waals surface area contributed by atoms with E-state index in [1.165, 1.54) is 0 Å². The lowest BCUT2D eigenvalue weighted by Crippen LogP contribution is -1.92. The van der Waals surface area contributed by atoms with Crippen molar-refractivity contribution in [2.45, 2.75) is 6.43 Å². The lowest BCUT2D eigenvalue weighted by atomic mass is 10.2. The van der Waals surface area contributed by atoms with Crippen LogP contribution in [0.5, 0.6) is 0 Å². The fraction of sp³-hybridized carbons (Fsp3) is 0.143. The van der Waals surface area contributed by atoms with Crippen molar-refractivity contribution in [3.63, 3.8) is 0 Å². The molecule has 1 rings (SSSR count). The molecule has 0 radical (unpaired) electrons. The fourth-order valence-corrected chi connectivity index (χ4v) is 0.945. The van der Waals surface area contributed by atoms with Crippen LogP contribution in [0.4, 0.5) is 17.6 Å². The van der Waals surface area contributed by atoms with Crippen LogP contribution in [0.2, 0.25) is 5.02 Å². The van der Waals surface area contributed by atoms with Crippen molar-refractivity contribution in [2.24, 2.45) is 0 Å². The van der Waals surface area contributed by atoms with E-state index in [9.17, 15) is 17.6 Å². The summed E-state index contributed by atoms with van der Waals surface area (Å²) in [5.74, 6) is -2.67. The van der Waals surface area contributed by atoms with E-state index in [2.05, 4.69) is 0 Å². The van der Waals surface area contributed by atoms with Crippen LogP contribution in [0.1, 0.15) is 12.0 Å². The smallest absolute Gasteiger partial charge is 0.205 e. The summed E-state index contributed by atoms with van der Waals surface area (Å²) in [6, 6.07) is 1.37. The second kappa shape index (κ2) is 3.31. The van der Waals surface area contributed by atoms with Gasteiger partial charge in [0, 0.05) is 5.56 Å². The number of halogens is 5. The van der Waals surface area contributed by atoms with Crippen molar-refractivity contribution in [1.82, 2.24) is 0 Å². The van der Waals surface area contributed by atoms with Gasteiger partial charge in [-0.15, -0.1) is 0 Å². The fourth-order valence-electron chi connectivity index (χ4n) is 0.709. The van der Waals surface area contributed by atoms with Gasteiger partial charge < -0.3 is 0 Å². The zero-order chi connectivity index (χ0) is 9.30. The van der Waals surface area contributed by atoms with Crippen LogP contribution in [0.15, 0.2) is 12.1 Å². The van der Waals surface area contributed by atoms with Gasteiger partial charge in [0.15, 0.2) is 11.6 Å². The summed E-state index contributed by atoms with van der Waals surface area (Å²) in [6.45, 7) is 0. The van der Waals surface area contributed by atoms with Gasteiger partial charge in [-0.1, -0.05) is 11.6 Å². The molecule has 0 fully saturated rings. The Kier molecular flexibility index (Phi) is 2.57. The molecule has 0 heterocycles. The molecule has 0 aliphatic heterocycles. The van der Waals surface area contributed by atoms with Crippen molar-refractivity contribution in [3.8, 4) is 0 Å². The van der Waals surface area contributed by atoms with Crippen molar-refractivity contribution in [2.75, 3.05) is 0 Å². The van der Waals surface area contributed by atoms with E-state index in [0.717, 1.165) is 6.07 Å². The van der Waals surface area contributed by atoms with Gasteiger partial charge in [-0.05, 0) is 12.1 Å². The second-order valence-corrected chi connectivity index (χ2v) is 2.44. The van der Waals surface area contributed by atoms with Gasteiger partial charge in [-0.2, -0.15) is 0 Å². The molecular formula is C7H3ClF4. The molecule has 0 aliphatic carbocycles. The molecule has 0 atom stereocenters. The van der Waals surface area contributed by atoms with Crippen molar-refractivity contribution >= 4 is 11.6 Å². The number of alkyl halides is 2. The molecule has 0 amide bonds. The normalized spacial score (nSPS) is 10.8. The first-order valence-corrected chi connectivity index (χ1v) is 3.33. The summed E-state index contributed by atoms with van der Waals surface area (Å²) in [4.78, 5) is 0. The minimum absolute atomic E-state index is 0.614. The van der Waals surface area contributed by atoms with Gasteiger partial charge in [0.25, 0.3) is 6.43 Å². The number of benzene rings is 1. The minimum Gasteiger partial charge on any atom is -0.205 e. The molecule has 66 valence electrons. The van der Waals surface area contributed by atoms with Gasteiger partial charge >= 0.3 is 0 Å². The highest BCUT2D eigenvalue weighted by Crippen LogP contribution is 2.29. The molecule has 0 saturated heterocycles. The molecule has 1 aromatic carbocycles. The Hall–Kier alpha value is -0.770. The molecular weight excluding hydrogens is 196 g/mol. The summed E-state index contributed by atoms with van der Waals surface area (Å²) < 4.78 is 48.8. The van der Waals surface area contributed by atoms with E-state index in [1.807, 2.05) is 0 Å².